The Hall–Kier alpha value is -1.46. The van der Waals surface area contributed by atoms with E-state index in [0.29, 0.717) is 0 Å². The topological polar surface area (TPSA) is 60.4 Å². The number of carbonyl (C=O) groups is 1. The number of benzene rings is 1. The monoisotopic (exact) mass is 280 g/mol. The number of carbonyl (C=O) groups excluding carboxylic acids is 1. The van der Waals surface area contributed by atoms with Crippen LogP contribution in [0.2, 0.25) is 0 Å². The van der Waals surface area contributed by atoms with Gasteiger partial charge in [-0.3, -0.25) is 8.98 Å². The van der Waals surface area contributed by atoms with E-state index >= 15 is 0 Å². The van der Waals surface area contributed by atoms with Gasteiger partial charge in [0.2, 0.25) is 0 Å². The van der Waals surface area contributed by atoms with E-state index in [2.05, 4.69) is 0 Å². The lowest BCUT2D eigenvalue weighted by molar-refractivity contribution is -0.123. The van der Waals surface area contributed by atoms with Crippen molar-refractivity contribution in [3.8, 4) is 0 Å². The Morgan fingerprint density at radius 1 is 1.16 bits per heavy atom. The van der Waals surface area contributed by atoms with Gasteiger partial charge < -0.3 is 0 Å². The van der Waals surface area contributed by atoms with Gasteiger partial charge in [-0.05, 0) is 45.1 Å². The van der Waals surface area contributed by atoms with Gasteiger partial charge >= 0.3 is 0 Å². The average Bonchev–Trinajstić information content (AvgIpc) is 2.56. The molecule has 0 aliphatic heterocycles. The molecular weight excluding hydrogens is 264 g/mol. The van der Waals surface area contributed by atoms with E-state index in [1.54, 1.807) is 26.0 Å². The highest BCUT2D eigenvalue weighted by molar-refractivity contribution is 7.86. The standard InChI is InChI=1S/C14H16O4S/c1-10-4-6-11(7-5-10)19(16,17)18-13-9-8-12(15)14(13,2)3/h4-9,13H,1-3H3/t13-/m1/s1. The summed E-state index contributed by atoms with van der Waals surface area (Å²) >= 11 is 0. The third kappa shape index (κ3) is 2.62. The first-order valence-electron chi connectivity index (χ1n) is 5.96. The quantitative estimate of drug-likeness (QED) is 0.797. The van der Waals surface area contributed by atoms with Crippen LogP contribution in [0.15, 0.2) is 41.3 Å². The maximum absolute atomic E-state index is 12.1. The largest absolute Gasteiger partial charge is 0.297 e. The van der Waals surface area contributed by atoms with Gasteiger partial charge in [0, 0.05) is 0 Å². The molecule has 0 unspecified atom stereocenters. The van der Waals surface area contributed by atoms with Crippen molar-refractivity contribution in [2.75, 3.05) is 0 Å². The summed E-state index contributed by atoms with van der Waals surface area (Å²) < 4.78 is 29.4. The molecule has 0 saturated carbocycles. The molecule has 0 aromatic heterocycles. The molecule has 1 aromatic rings. The predicted molar refractivity (Wildman–Crippen MR) is 71.2 cm³/mol. The zero-order chi connectivity index (χ0) is 14.3. The van der Waals surface area contributed by atoms with Gasteiger partial charge in [-0.2, -0.15) is 8.42 Å². The summed E-state index contributed by atoms with van der Waals surface area (Å²) in [5.41, 5.74) is 0.118. The number of rotatable bonds is 3. The van der Waals surface area contributed by atoms with Crippen molar-refractivity contribution < 1.29 is 17.4 Å². The Morgan fingerprint density at radius 3 is 2.21 bits per heavy atom. The number of ketones is 1. The molecule has 0 heterocycles. The van der Waals surface area contributed by atoms with Crippen LogP contribution in [0.5, 0.6) is 0 Å². The molecule has 1 aliphatic carbocycles. The van der Waals surface area contributed by atoms with E-state index < -0.39 is 21.6 Å². The first-order valence-corrected chi connectivity index (χ1v) is 7.37. The number of hydrogen-bond donors (Lipinski definition) is 0. The van der Waals surface area contributed by atoms with Crippen molar-refractivity contribution in [1.29, 1.82) is 0 Å². The van der Waals surface area contributed by atoms with Gasteiger partial charge in [0.25, 0.3) is 10.1 Å². The summed E-state index contributed by atoms with van der Waals surface area (Å²) in [5, 5.41) is 0. The highest BCUT2D eigenvalue weighted by atomic mass is 32.2. The first kappa shape index (κ1) is 14.0. The minimum atomic E-state index is -3.86. The summed E-state index contributed by atoms with van der Waals surface area (Å²) in [7, 11) is -3.86. The Bertz CT molecular complexity index is 624. The Morgan fingerprint density at radius 2 is 1.74 bits per heavy atom. The van der Waals surface area contributed by atoms with E-state index in [0.717, 1.165) is 5.56 Å². The average molecular weight is 280 g/mol. The van der Waals surface area contributed by atoms with Crippen molar-refractivity contribution >= 4 is 15.9 Å². The van der Waals surface area contributed by atoms with Gasteiger partial charge in [0.1, 0.15) is 6.10 Å². The summed E-state index contributed by atoms with van der Waals surface area (Å²) in [6, 6.07) is 6.41. The molecule has 102 valence electrons. The lowest BCUT2D eigenvalue weighted by atomic mass is 9.87. The highest BCUT2D eigenvalue weighted by Crippen LogP contribution is 2.33. The van der Waals surface area contributed by atoms with Crippen LogP contribution in [0.3, 0.4) is 0 Å². The van der Waals surface area contributed by atoms with Crippen molar-refractivity contribution in [3.05, 3.63) is 42.0 Å². The Kier molecular flexibility index (Phi) is 3.36. The Labute approximate surface area is 113 Å². The first-order chi connectivity index (χ1) is 8.73. The molecule has 0 bridgehead atoms. The summed E-state index contributed by atoms with van der Waals surface area (Å²) in [6.45, 7) is 5.22. The van der Waals surface area contributed by atoms with Gasteiger partial charge in [-0.25, -0.2) is 0 Å². The van der Waals surface area contributed by atoms with E-state index in [1.165, 1.54) is 24.3 Å². The fourth-order valence-electron chi connectivity index (χ4n) is 1.82. The van der Waals surface area contributed by atoms with Crippen LogP contribution >= 0.6 is 0 Å². The van der Waals surface area contributed by atoms with Gasteiger partial charge in [0.15, 0.2) is 5.78 Å². The van der Waals surface area contributed by atoms with Crippen LogP contribution in [-0.4, -0.2) is 20.3 Å². The SMILES string of the molecule is Cc1ccc(S(=O)(=O)O[C@@H]2C=CC(=O)C2(C)C)cc1. The van der Waals surface area contributed by atoms with Gasteiger partial charge in [0.05, 0.1) is 10.3 Å². The zero-order valence-electron chi connectivity index (χ0n) is 11.1. The Balaban J connectivity index is 2.26. The molecule has 2 rings (SSSR count). The molecule has 1 aliphatic rings. The summed E-state index contributed by atoms with van der Waals surface area (Å²) in [4.78, 5) is 11.7. The summed E-state index contributed by atoms with van der Waals surface area (Å²) in [6.07, 6.45) is 2.11. The van der Waals surface area contributed by atoms with Crippen molar-refractivity contribution in [2.24, 2.45) is 5.41 Å². The molecule has 1 aromatic carbocycles. The second-order valence-electron chi connectivity index (χ2n) is 5.23. The lowest BCUT2D eigenvalue weighted by Crippen LogP contribution is -2.34. The number of allylic oxidation sites excluding steroid dienone is 1. The van der Waals surface area contributed by atoms with Crippen molar-refractivity contribution in [1.82, 2.24) is 0 Å². The minimum Gasteiger partial charge on any atom is -0.294 e. The maximum Gasteiger partial charge on any atom is 0.297 e. The highest BCUT2D eigenvalue weighted by Gasteiger charge is 2.41. The summed E-state index contributed by atoms with van der Waals surface area (Å²) in [5.74, 6) is -0.128. The third-order valence-corrected chi connectivity index (χ3v) is 4.62. The molecule has 19 heavy (non-hydrogen) atoms. The molecular formula is C14H16O4S. The van der Waals surface area contributed by atoms with Crippen LogP contribution in [0, 0.1) is 12.3 Å². The lowest BCUT2D eigenvalue weighted by Gasteiger charge is -2.24. The smallest absolute Gasteiger partial charge is 0.294 e. The molecule has 0 spiro atoms. The van der Waals surface area contributed by atoms with E-state index in [9.17, 15) is 13.2 Å². The fourth-order valence-corrected chi connectivity index (χ4v) is 2.98. The molecule has 0 saturated heterocycles. The van der Waals surface area contributed by atoms with Crippen LogP contribution in [0.4, 0.5) is 0 Å². The second-order valence-corrected chi connectivity index (χ2v) is 6.80. The van der Waals surface area contributed by atoms with Crippen LogP contribution in [0.1, 0.15) is 19.4 Å². The molecule has 0 N–H and O–H groups in total. The normalized spacial score (nSPS) is 21.8. The predicted octanol–water partition coefficient (Wildman–Crippen LogP) is 2.23. The zero-order valence-corrected chi connectivity index (χ0v) is 11.9. The maximum atomic E-state index is 12.1. The van der Waals surface area contributed by atoms with Crippen molar-refractivity contribution in [2.45, 2.75) is 31.8 Å². The van der Waals surface area contributed by atoms with E-state index in [1.807, 2.05) is 6.92 Å². The second kappa shape index (κ2) is 4.58. The molecule has 5 heteroatoms. The van der Waals surface area contributed by atoms with Crippen LogP contribution < -0.4 is 0 Å². The minimum absolute atomic E-state index is 0.0987. The third-order valence-electron chi connectivity index (χ3n) is 3.31. The molecule has 0 amide bonds. The van der Waals surface area contributed by atoms with Crippen LogP contribution in [-0.2, 0) is 19.1 Å². The van der Waals surface area contributed by atoms with E-state index in [4.69, 9.17) is 4.18 Å². The fraction of sp³-hybridized carbons (Fsp3) is 0.357. The molecule has 0 fully saturated rings. The number of hydrogen-bond acceptors (Lipinski definition) is 4. The van der Waals surface area contributed by atoms with Gasteiger partial charge in [-0.1, -0.05) is 17.7 Å². The van der Waals surface area contributed by atoms with Gasteiger partial charge in [-0.15, -0.1) is 0 Å². The van der Waals surface area contributed by atoms with E-state index in [-0.39, 0.29) is 10.7 Å². The number of aryl methyl sites for hydroxylation is 1. The molecule has 0 radical (unpaired) electrons. The van der Waals surface area contributed by atoms with Crippen molar-refractivity contribution in [3.63, 3.8) is 0 Å². The van der Waals surface area contributed by atoms with Crippen LogP contribution in [0.25, 0.3) is 0 Å². The molecule has 4 nitrogen and oxygen atoms in total. The molecule has 1 atom stereocenters.